The molecule has 0 aromatic heterocycles. The molecule has 0 fully saturated rings. The predicted octanol–water partition coefficient (Wildman–Crippen LogP) is 1.97. The number of benzene rings is 1. The minimum Gasteiger partial charge on any atom is -0.380 e. The third-order valence-electron chi connectivity index (χ3n) is 2.39. The molecule has 0 saturated heterocycles. The summed E-state index contributed by atoms with van der Waals surface area (Å²) in [5, 5.41) is 0. The molecule has 0 aliphatic carbocycles. The molecule has 0 heterocycles. The van der Waals surface area contributed by atoms with Crippen LogP contribution in [0.5, 0.6) is 0 Å². The summed E-state index contributed by atoms with van der Waals surface area (Å²) >= 11 is 0. The molecule has 1 unspecified atom stereocenters. The first kappa shape index (κ1) is 11.2. The molecule has 1 aromatic rings. The van der Waals surface area contributed by atoms with Crippen LogP contribution in [-0.2, 0) is 17.8 Å². The first-order chi connectivity index (χ1) is 6.77. The first-order valence-corrected chi connectivity index (χ1v) is 5.03. The van der Waals surface area contributed by atoms with Gasteiger partial charge >= 0.3 is 0 Å². The lowest BCUT2D eigenvalue weighted by atomic mass is 9.97. The fraction of sp³-hybridized carbons (Fsp3) is 0.500. The Morgan fingerprint density at radius 3 is 2.50 bits per heavy atom. The van der Waals surface area contributed by atoms with Crippen molar-refractivity contribution in [3.05, 3.63) is 35.4 Å². The van der Waals surface area contributed by atoms with Gasteiger partial charge in [0.2, 0.25) is 0 Å². The number of hydrogen-bond acceptors (Lipinski definition) is 2. The van der Waals surface area contributed by atoms with Gasteiger partial charge in [0.1, 0.15) is 0 Å². The fourth-order valence-corrected chi connectivity index (χ4v) is 1.51. The topological polar surface area (TPSA) is 35.2 Å². The molecule has 1 aromatic carbocycles. The van der Waals surface area contributed by atoms with Crippen molar-refractivity contribution >= 4 is 0 Å². The molecule has 2 N–H and O–H groups in total. The number of ether oxygens (including phenoxy) is 1. The minimum atomic E-state index is 0.535. The average Bonchev–Trinajstić information content (AvgIpc) is 2.21. The molecule has 14 heavy (non-hydrogen) atoms. The van der Waals surface area contributed by atoms with Crippen molar-refractivity contribution in [1.29, 1.82) is 0 Å². The maximum absolute atomic E-state index is 5.61. The van der Waals surface area contributed by atoms with E-state index in [9.17, 15) is 0 Å². The average molecular weight is 193 g/mol. The number of nitrogens with two attached hydrogens (primary N) is 1. The Hall–Kier alpha value is -0.860. The maximum Gasteiger partial charge on any atom is 0.0715 e. The van der Waals surface area contributed by atoms with E-state index in [1.54, 1.807) is 7.11 Å². The Morgan fingerprint density at radius 2 is 1.93 bits per heavy atom. The van der Waals surface area contributed by atoms with Crippen LogP contribution >= 0.6 is 0 Å². The highest BCUT2D eigenvalue weighted by molar-refractivity contribution is 5.26. The maximum atomic E-state index is 5.61. The van der Waals surface area contributed by atoms with Gasteiger partial charge in [-0.15, -0.1) is 0 Å². The standard InChI is InChI=1S/C12H19NO/c1-10(8-13)7-11-5-3-4-6-12(11)9-14-2/h3-6,10H,7-9,13H2,1-2H3. The van der Waals surface area contributed by atoms with Gasteiger partial charge in [-0.05, 0) is 30.0 Å². The van der Waals surface area contributed by atoms with Gasteiger partial charge in [0.25, 0.3) is 0 Å². The van der Waals surface area contributed by atoms with Crippen LogP contribution in [-0.4, -0.2) is 13.7 Å². The van der Waals surface area contributed by atoms with Gasteiger partial charge in [-0.25, -0.2) is 0 Å². The van der Waals surface area contributed by atoms with Crippen molar-refractivity contribution in [3.8, 4) is 0 Å². The summed E-state index contributed by atoms with van der Waals surface area (Å²) in [6, 6.07) is 8.38. The van der Waals surface area contributed by atoms with Crippen molar-refractivity contribution in [2.75, 3.05) is 13.7 Å². The van der Waals surface area contributed by atoms with Crippen LogP contribution in [0.25, 0.3) is 0 Å². The molecule has 0 spiro atoms. The van der Waals surface area contributed by atoms with Crippen molar-refractivity contribution < 1.29 is 4.74 Å². The van der Waals surface area contributed by atoms with Crippen LogP contribution in [0.3, 0.4) is 0 Å². The predicted molar refractivity (Wildman–Crippen MR) is 59.1 cm³/mol. The Labute approximate surface area is 86.1 Å². The van der Waals surface area contributed by atoms with Crippen molar-refractivity contribution in [3.63, 3.8) is 0 Å². The van der Waals surface area contributed by atoms with Gasteiger partial charge < -0.3 is 10.5 Å². The summed E-state index contributed by atoms with van der Waals surface area (Å²) in [5.41, 5.74) is 8.24. The summed E-state index contributed by atoms with van der Waals surface area (Å²) in [6.07, 6.45) is 1.04. The van der Waals surface area contributed by atoms with E-state index in [0.29, 0.717) is 12.5 Å². The van der Waals surface area contributed by atoms with E-state index in [1.165, 1.54) is 11.1 Å². The van der Waals surface area contributed by atoms with Crippen LogP contribution < -0.4 is 5.73 Å². The SMILES string of the molecule is COCc1ccccc1CC(C)CN. The van der Waals surface area contributed by atoms with Gasteiger partial charge in [0.05, 0.1) is 6.61 Å². The molecule has 0 amide bonds. The van der Waals surface area contributed by atoms with E-state index >= 15 is 0 Å². The van der Waals surface area contributed by atoms with Gasteiger partial charge in [0, 0.05) is 7.11 Å². The zero-order valence-electron chi connectivity index (χ0n) is 8.99. The smallest absolute Gasteiger partial charge is 0.0715 e. The highest BCUT2D eigenvalue weighted by Gasteiger charge is 2.05. The minimum absolute atomic E-state index is 0.535. The number of hydrogen-bond donors (Lipinski definition) is 1. The lowest BCUT2D eigenvalue weighted by Crippen LogP contribution is -2.14. The summed E-state index contributed by atoms with van der Waals surface area (Å²) in [5.74, 6) is 0.535. The normalized spacial score (nSPS) is 12.8. The van der Waals surface area contributed by atoms with Gasteiger partial charge in [-0.2, -0.15) is 0 Å². The zero-order valence-corrected chi connectivity index (χ0v) is 8.99. The Balaban J connectivity index is 2.73. The van der Waals surface area contributed by atoms with E-state index in [1.807, 2.05) is 6.07 Å². The Kier molecular flexibility index (Phi) is 4.63. The molecule has 1 atom stereocenters. The van der Waals surface area contributed by atoms with Gasteiger partial charge in [-0.1, -0.05) is 31.2 Å². The van der Waals surface area contributed by atoms with E-state index in [4.69, 9.17) is 10.5 Å². The molecule has 2 nitrogen and oxygen atoms in total. The second kappa shape index (κ2) is 5.78. The summed E-state index contributed by atoms with van der Waals surface area (Å²) in [6.45, 7) is 3.60. The highest BCUT2D eigenvalue weighted by atomic mass is 16.5. The fourth-order valence-electron chi connectivity index (χ4n) is 1.51. The van der Waals surface area contributed by atoms with E-state index < -0.39 is 0 Å². The van der Waals surface area contributed by atoms with Gasteiger partial charge in [0.15, 0.2) is 0 Å². The lowest BCUT2D eigenvalue weighted by molar-refractivity contribution is 0.184. The molecule has 2 heteroatoms. The van der Waals surface area contributed by atoms with Crippen LogP contribution in [0.1, 0.15) is 18.1 Å². The zero-order chi connectivity index (χ0) is 10.4. The van der Waals surface area contributed by atoms with E-state index in [-0.39, 0.29) is 0 Å². The second-order valence-electron chi connectivity index (χ2n) is 3.75. The molecule has 1 rings (SSSR count). The van der Waals surface area contributed by atoms with Crippen molar-refractivity contribution in [2.24, 2.45) is 11.7 Å². The molecule has 0 aliphatic heterocycles. The third-order valence-corrected chi connectivity index (χ3v) is 2.39. The van der Waals surface area contributed by atoms with Crippen LogP contribution in [0.2, 0.25) is 0 Å². The van der Waals surface area contributed by atoms with Crippen molar-refractivity contribution in [1.82, 2.24) is 0 Å². The third kappa shape index (κ3) is 3.13. The van der Waals surface area contributed by atoms with E-state index in [2.05, 4.69) is 25.1 Å². The van der Waals surface area contributed by atoms with Crippen LogP contribution in [0, 0.1) is 5.92 Å². The summed E-state index contributed by atoms with van der Waals surface area (Å²) < 4.78 is 5.15. The second-order valence-corrected chi connectivity index (χ2v) is 3.75. The largest absolute Gasteiger partial charge is 0.380 e. The quantitative estimate of drug-likeness (QED) is 0.776. The summed E-state index contributed by atoms with van der Waals surface area (Å²) in [7, 11) is 1.73. The summed E-state index contributed by atoms with van der Waals surface area (Å²) in [4.78, 5) is 0. The number of rotatable bonds is 5. The van der Waals surface area contributed by atoms with E-state index in [0.717, 1.165) is 13.0 Å². The molecule has 0 aliphatic rings. The number of methoxy groups -OCH3 is 1. The monoisotopic (exact) mass is 193 g/mol. The molecule has 0 saturated carbocycles. The molecule has 78 valence electrons. The Bertz CT molecular complexity index is 273. The molecule has 0 radical (unpaired) electrons. The highest BCUT2D eigenvalue weighted by Crippen LogP contribution is 2.14. The lowest BCUT2D eigenvalue weighted by Gasteiger charge is -2.12. The van der Waals surface area contributed by atoms with Gasteiger partial charge in [-0.3, -0.25) is 0 Å². The van der Waals surface area contributed by atoms with Crippen LogP contribution in [0.15, 0.2) is 24.3 Å². The molecule has 0 bridgehead atoms. The Morgan fingerprint density at radius 1 is 1.29 bits per heavy atom. The van der Waals surface area contributed by atoms with Crippen LogP contribution in [0.4, 0.5) is 0 Å². The molecular formula is C12H19NO. The first-order valence-electron chi connectivity index (χ1n) is 5.03. The van der Waals surface area contributed by atoms with Crippen molar-refractivity contribution in [2.45, 2.75) is 20.0 Å². The molecular weight excluding hydrogens is 174 g/mol.